The normalized spacial score (nSPS) is 17.5. The number of benzene rings is 3. The zero-order valence-corrected chi connectivity index (χ0v) is 19.5. The first-order chi connectivity index (χ1) is 15.8. The molecule has 4 rings (SSSR count). The van der Waals surface area contributed by atoms with Crippen molar-refractivity contribution in [3.63, 3.8) is 0 Å². The van der Waals surface area contributed by atoms with Gasteiger partial charge in [-0.25, -0.2) is 0 Å². The highest BCUT2D eigenvalue weighted by molar-refractivity contribution is 6.46. The van der Waals surface area contributed by atoms with E-state index < -0.39 is 17.7 Å². The Bertz CT molecular complexity index is 1280. The minimum Gasteiger partial charge on any atom is -0.507 e. The number of ether oxygens (including phenoxy) is 1. The summed E-state index contributed by atoms with van der Waals surface area (Å²) in [5.74, 6) is -1.16. The molecule has 1 atom stereocenters. The van der Waals surface area contributed by atoms with Gasteiger partial charge < -0.3 is 14.7 Å². The van der Waals surface area contributed by atoms with Gasteiger partial charge in [0.05, 0.1) is 35.3 Å². The van der Waals surface area contributed by atoms with Gasteiger partial charge in [-0.1, -0.05) is 71.2 Å². The summed E-state index contributed by atoms with van der Waals surface area (Å²) in [4.78, 5) is 27.8. The number of halogens is 2. The first-order valence-corrected chi connectivity index (χ1v) is 11.0. The second kappa shape index (κ2) is 9.30. The van der Waals surface area contributed by atoms with Gasteiger partial charge >= 0.3 is 0 Å². The van der Waals surface area contributed by atoms with Crippen LogP contribution in [0.5, 0.6) is 5.75 Å². The quantitative estimate of drug-likeness (QED) is 0.278. The molecule has 1 aliphatic heterocycles. The Hall–Kier alpha value is -3.28. The van der Waals surface area contributed by atoms with Crippen molar-refractivity contribution >= 4 is 40.7 Å². The monoisotopic (exact) mass is 481 g/mol. The van der Waals surface area contributed by atoms with Gasteiger partial charge in [-0.3, -0.25) is 9.59 Å². The fourth-order valence-corrected chi connectivity index (χ4v) is 4.34. The van der Waals surface area contributed by atoms with Crippen LogP contribution in [-0.4, -0.2) is 28.8 Å². The highest BCUT2D eigenvalue weighted by Crippen LogP contribution is 2.41. The molecule has 3 aromatic carbocycles. The average Bonchev–Trinajstić information content (AvgIpc) is 3.05. The van der Waals surface area contributed by atoms with Crippen LogP contribution in [0.15, 0.2) is 72.3 Å². The predicted molar refractivity (Wildman–Crippen MR) is 128 cm³/mol. The number of hydrogen-bond acceptors (Lipinski definition) is 4. The molecule has 0 saturated carbocycles. The van der Waals surface area contributed by atoms with Crippen LogP contribution in [0.2, 0.25) is 10.0 Å². The van der Waals surface area contributed by atoms with E-state index in [0.717, 1.165) is 11.1 Å². The highest BCUT2D eigenvalue weighted by Gasteiger charge is 2.46. The number of carbonyl (C=O) groups is 2. The maximum Gasteiger partial charge on any atom is 0.295 e. The van der Waals surface area contributed by atoms with Crippen molar-refractivity contribution in [2.24, 2.45) is 0 Å². The van der Waals surface area contributed by atoms with Crippen LogP contribution >= 0.6 is 23.2 Å². The van der Waals surface area contributed by atoms with Crippen molar-refractivity contribution in [2.75, 3.05) is 7.11 Å². The SMILES string of the molecule is COc1ccccc1CN1C(=O)C(=O)/C(=C(\O)c2ccc(Cl)c(Cl)c2)C1c1cccc(C)c1. The fourth-order valence-electron chi connectivity index (χ4n) is 4.05. The van der Waals surface area contributed by atoms with Crippen LogP contribution in [0.4, 0.5) is 0 Å². The zero-order valence-electron chi connectivity index (χ0n) is 18.0. The molecule has 0 aromatic heterocycles. The summed E-state index contributed by atoms with van der Waals surface area (Å²) in [7, 11) is 1.55. The Labute approximate surface area is 201 Å². The van der Waals surface area contributed by atoms with Crippen LogP contribution in [0, 0.1) is 6.92 Å². The molecule has 1 fully saturated rings. The van der Waals surface area contributed by atoms with Gasteiger partial charge in [0, 0.05) is 11.1 Å². The van der Waals surface area contributed by atoms with E-state index in [-0.39, 0.29) is 22.9 Å². The lowest BCUT2D eigenvalue weighted by Crippen LogP contribution is -2.29. The number of aliphatic hydroxyl groups is 1. The summed E-state index contributed by atoms with van der Waals surface area (Å²) >= 11 is 12.1. The minimum atomic E-state index is -0.788. The number of para-hydroxylation sites is 1. The molecule has 33 heavy (non-hydrogen) atoms. The number of hydrogen-bond donors (Lipinski definition) is 1. The van der Waals surface area contributed by atoms with E-state index in [1.54, 1.807) is 19.2 Å². The van der Waals surface area contributed by atoms with E-state index in [9.17, 15) is 14.7 Å². The van der Waals surface area contributed by atoms with Gasteiger partial charge in [0.15, 0.2) is 0 Å². The molecule has 1 saturated heterocycles. The van der Waals surface area contributed by atoms with Crippen molar-refractivity contribution in [1.82, 2.24) is 4.90 Å². The third-order valence-corrected chi connectivity index (χ3v) is 6.36. The number of Topliss-reactive ketones (excluding diaryl/α,β-unsaturated/α-hetero) is 1. The summed E-state index contributed by atoms with van der Waals surface area (Å²) in [6.07, 6.45) is 0. The number of rotatable bonds is 5. The highest BCUT2D eigenvalue weighted by atomic mass is 35.5. The van der Waals surface area contributed by atoms with E-state index in [2.05, 4.69) is 0 Å². The molecule has 168 valence electrons. The Morgan fingerprint density at radius 3 is 2.45 bits per heavy atom. The standard InChI is InChI=1S/C26H21Cl2NO4/c1-15-6-5-8-16(12-15)23-22(24(30)17-10-11-19(27)20(28)13-17)25(31)26(32)29(23)14-18-7-3-4-9-21(18)33-2/h3-13,23,30H,14H2,1-2H3/b24-22-. The summed E-state index contributed by atoms with van der Waals surface area (Å²) in [6.45, 7) is 2.06. The molecule has 5 nitrogen and oxygen atoms in total. The number of aryl methyl sites for hydroxylation is 1. The molecule has 1 amide bonds. The zero-order chi connectivity index (χ0) is 23.7. The van der Waals surface area contributed by atoms with Crippen molar-refractivity contribution in [1.29, 1.82) is 0 Å². The Morgan fingerprint density at radius 2 is 1.76 bits per heavy atom. The molecule has 1 aliphatic rings. The molecule has 1 unspecified atom stereocenters. The van der Waals surface area contributed by atoms with Gasteiger partial charge in [0.25, 0.3) is 11.7 Å². The number of aliphatic hydroxyl groups excluding tert-OH is 1. The smallest absolute Gasteiger partial charge is 0.295 e. The molecular formula is C26H21Cl2NO4. The molecule has 7 heteroatoms. The first-order valence-electron chi connectivity index (χ1n) is 10.2. The second-order valence-electron chi connectivity index (χ2n) is 7.78. The number of carbonyl (C=O) groups excluding carboxylic acids is 2. The van der Waals surface area contributed by atoms with Crippen molar-refractivity contribution in [2.45, 2.75) is 19.5 Å². The van der Waals surface area contributed by atoms with Crippen LogP contribution in [0.3, 0.4) is 0 Å². The van der Waals surface area contributed by atoms with Gasteiger partial charge in [-0.2, -0.15) is 0 Å². The van der Waals surface area contributed by atoms with E-state index in [4.69, 9.17) is 27.9 Å². The number of amides is 1. The molecule has 1 heterocycles. The number of ketones is 1. The van der Waals surface area contributed by atoms with E-state index in [1.807, 2.05) is 49.4 Å². The summed E-state index contributed by atoms with van der Waals surface area (Å²) in [5, 5.41) is 11.7. The van der Waals surface area contributed by atoms with Crippen LogP contribution in [-0.2, 0) is 16.1 Å². The Morgan fingerprint density at radius 1 is 1.00 bits per heavy atom. The number of likely N-dealkylation sites (tertiary alicyclic amines) is 1. The average molecular weight is 482 g/mol. The molecular weight excluding hydrogens is 461 g/mol. The lowest BCUT2D eigenvalue weighted by molar-refractivity contribution is -0.140. The van der Waals surface area contributed by atoms with Crippen molar-refractivity contribution in [3.8, 4) is 5.75 Å². The van der Waals surface area contributed by atoms with E-state index in [0.29, 0.717) is 21.9 Å². The third kappa shape index (κ3) is 4.34. The van der Waals surface area contributed by atoms with Crippen LogP contribution in [0.25, 0.3) is 5.76 Å². The van der Waals surface area contributed by atoms with Gasteiger partial charge in [0.1, 0.15) is 11.5 Å². The lowest BCUT2D eigenvalue weighted by Gasteiger charge is -2.26. The Kier molecular flexibility index (Phi) is 6.45. The van der Waals surface area contributed by atoms with Crippen molar-refractivity contribution < 1.29 is 19.4 Å². The molecule has 0 radical (unpaired) electrons. The third-order valence-electron chi connectivity index (χ3n) is 5.62. The van der Waals surface area contributed by atoms with Crippen LogP contribution < -0.4 is 4.74 Å². The summed E-state index contributed by atoms with van der Waals surface area (Å²) in [6, 6.07) is 18.6. The Balaban J connectivity index is 1.89. The first kappa shape index (κ1) is 22.9. The van der Waals surface area contributed by atoms with Crippen LogP contribution in [0.1, 0.15) is 28.3 Å². The van der Waals surface area contributed by atoms with E-state index in [1.165, 1.54) is 17.0 Å². The number of nitrogens with zero attached hydrogens (tertiary/aromatic N) is 1. The maximum absolute atomic E-state index is 13.2. The largest absolute Gasteiger partial charge is 0.507 e. The number of methoxy groups -OCH3 is 1. The minimum absolute atomic E-state index is 0.00103. The second-order valence-corrected chi connectivity index (χ2v) is 8.60. The van der Waals surface area contributed by atoms with Gasteiger partial charge in [0.2, 0.25) is 0 Å². The maximum atomic E-state index is 13.2. The lowest BCUT2D eigenvalue weighted by atomic mass is 9.94. The summed E-state index contributed by atoms with van der Waals surface area (Å²) in [5.41, 5.74) is 2.72. The van der Waals surface area contributed by atoms with E-state index >= 15 is 0 Å². The molecule has 0 spiro atoms. The predicted octanol–water partition coefficient (Wildman–Crippen LogP) is 5.93. The fraction of sp³-hybridized carbons (Fsp3) is 0.154. The van der Waals surface area contributed by atoms with Crippen molar-refractivity contribution in [3.05, 3.63) is 105 Å². The topological polar surface area (TPSA) is 66.8 Å². The molecule has 1 N–H and O–H groups in total. The summed E-state index contributed by atoms with van der Waals surface area (Å²) < 4.78 is 5.43. The molecule has 0 bridgehead atoms. The molecule has 0 aliphatic carbocycles. The van der Waals surface area contributed by atoms with Gasteiger partial charge in [-0.15, -0.1) is 0 Å². The molecule has 3 aromatic rings. The van der Waals surface area contributed by atoms with Gasteiger partial charge in [-0.05, 0) is 36.8 Å².